The molecule has 0 saturated carbocycles. The zero-order valence-electron chi connectivity index (χ0n) is 21.5. The number of amides is 1. The van der Waals surface area contributed by atoms with Gasteiger partial charge in [-0.2, -0.15) is 9.47 Å². The molecule has 0 saturated heterocycles. The van der Waals surface area contributed by atoms with Crippen molar-refractivity contribution < 1.29 is 18.7 Å². The first-order chi connectivity index (χ1) is 17.9. The number of aromatic nitrogens is 1. The number of rotatable bonds is 10. The lowest BCUT2D eigenvalue weighted by Crippen LogP contribution is -2.51. The average Bonchev–Trinajstić information content (AvgIpc) is 3.41. The van der Waals surface area contributed by atoms with E-state index in [2.05, 4.69) is 4.90 Å². The largest absolute Gasteiger partial charge is 0.497 e. The molecule has 1 heterocycles. The number of halogens is 1. The van der Waals surface area contributed by atoms with Crippen molar-refractivity contribution in [1.82, 2.24) is 14.4 Å². The van der Waals surface area contributed by atoms with Gasteiger partial charge in [-0.1, -0.05) is 41.7 Å². The van der Waals surface area contributed by atoms with Crippen LogP contribution in [0.3, 0.4) is 0 Å². The number of hydrogen-bond acceptors (Lipinski definition) is 6. The molecule has 0 aliphatic rings. The third kappa shape index (κ3) is 5.41. The molecular formula is C29H31FN3O3S+. The first-order valence-corrected chi connectivity index (χ1v) is 12.8. The first-order valence-electron chi connectivity index (χ1n) is 12.0. The fourth-order valence-electron chi connectivity index (χ4n) is 4.37. The Hall–Kier alpha value is -3.59. The predicted molar refractivity (Wildman–Crippen MR) is 147 cm³/mol. The van der Waals surface area contributed by atoms with Crippen LogP contribution in [0.25, 0.3) is 11.3 Å². The molecule has 192 valence electrons. The molecule has 1 aromatic heterocycles. The third-order valence-electron chi connectivity index (χ3n) is 6.25. The minimum absolute atomic E-state index is 0.0342. The highest BCUT2D eigenvalue weighted by Gasteiger charge is 2.46. The van der Waals surface area contributed by atoms with E-state index in [0.717, 1.165) is 17.8 Å². The number of thiazole rings is 1. The zero-order valence-corrected chi connectivity index (χ0v) is 22.3. The number of para-hydroxylation sites is 1. The van der Waals surface area contributed by atoms with E-state index in [9.17, 15) is 4.79 Å². The number of benzene rings is 3. The van der Waals surface area contributed by atoms with Gasteiger partial charge in [-0.15, -0.1) is 0 Å². The number of hydrogen-bond donors (Lipinski definition) is 0. The van der Waals surface area contributed by atoms with Crippen LogP contribution in [0, 0.1) is 5.82 Å². The molecule has 6 nitrogen and oxygen atoms in total. The highest BCUT2D eigenvalue weighted by Crippen LogP contribution is 2.43. The van der Waals surface area contributed by atoms with E-state index in [4.69, 9.17) is 14.5 Å². The van der Waals surface area contributed by atoms with Gasteiger partial charge < -0.3 is 14.4 Å². The van der Waals surface area contributed by atoms with Crippen LogP contribution in [0.2, 0.25) is 0 Å². The van der Waals surface area contributed by atoms with E-state index in [0.29, 0.717) is 35.3 Å². The standard InChI is InChI=1S/C29H31FN3O3S/c1-32(2)17-10-18-33(21-11-6-5-7-12-21,28(34)23-13-8-9-14-25(23)30)29-31-26(20-37-29)24-19-22(35-3)15-16-27(24)36-4/h5-9,11-16,19-20H,10,17-18H2,1-4H3/q+1. The van der Waals surface area contributed by atoms with Gasteiger partial charge in [0, 0.05) is 36.0 Å². The molecule has 3 aromatic carbocycles. The summed E-state index contributed by atoms with van der Waals surface area (Å²) in [5.41, 5.74) is 2.17. The van der Waals surface area contributed by atoms with E-state index in [1.54, 1.807) is 32.4 Å². The summed E-state index contributed by atoms with van der Waals surface area (Å²) in [5, 5.41) is 2.46. The molecule has 0 bridgehead atoms. The molecule has 0 aliphatic heterocycles. The molecule has 37 heavy (non-hydrogen) atoms. The number of quaternary nitrogens is 1. The van der Waals surface area contributed by atoms with Gasteiger partial charge in [-0.05, 0) is 44.4 Å². The highest BCUT2D eigenvalue weighted by atomic mass is 32.1. The molecule has 8 heteroatoms. The Bertz CT molecular complexity index is 1360. The average molecular weight is 521 g/mol. The Morgan fingerprint density at radius 1 is 1.00 bits per heavy atom. The summed E-state index contributed by atoms with van der Waals surface area (Å²) >= 11 is 1.37. The van der Waals surface area contributed by atoms with Crippen LogP contribution in [0.15, 0.2) is 78.2 Å². The van der Waals surface area contributed by atoms with Gasteiger partial charge in [-0.25, -0.2) is 9.18 Å². The van der Waals surface area contributed by atoms with Crippen molar-refractivity contribution in [3.63, 3.8) is 0 Å². The van der Waals surface area contributed by atoms with Crippen molar-refractivity contribution in [2.45, 2.75) is 6.42 Å². The van der Waals surface area contributed by atoms with Crippen LogP contribution < -0.4 is 14.0 Å². The molecule has 4 rings (SSSR count). The molecule has 0 radical (unpaired) electrons. The van der Waals surface area contributed by atoms with E-state index >= 15 is 4.39 Å². The van der Waals surface area contributed by atoms with Gasteiger partial charge >= 0.3 is 5.91 Å². The summed E-state index contributed by atoms with van der Waals surface area (Å²) in [5.74, 6) is 0.400. The smallest absolute Gasteiger partial charge is 0.360 e. The second kappa shape index (κ2) is 11.6. The Balaban J connectivity index is 1.93. The zero-order chi connectivity index (χ0) is 26.4. The van der Waals surface area contributed by atoms with Crippen molar-refractivity contribution >= 4 is 28.1 Å². The number of ether oxygens (including phenoxy) is 2. The second-order valence-electron chi connectivity index (χ2n) is 8.89. The van der Waals surface area contributed by atoms with Gasteiger partial charge in [0.1, 0.15) is 28.6 Å². The van der Waals surface area contributed by atoms with Crippen molar-refractivity contribution in [2.24, 2.45) is 0 Å². The normalized spacial score (nSPS) is 12.8. The van der Waals surface area contributed by atoms with Crippen LogP contribution in [0.4, 0.5) is 15.2 Å². The number of carbonyl (C=O) groups excluding carboxylic acids is 1. The van der Waals surface area contributed by atoms with Crippen molar-refractivity contribution in [1.29, 1.82) is 0 Å². The monoisotopic (exact) mass is 520 g/mol. The lowest BCUT2D eigenvalue weighted by molar-refractivity contribution is 0.0826. The molecule has 1 amide bonds. The summed E-state index contributed by atoms with van der Waals surface area (Å²) < 4.78 is 25.8. The van der Waals surface area contributed by atoms with E-state index in [-0.39, 0.29) is 16.0 Å². The number of nitrogens with zero attached hydrogens (tertiary/aromatic N) is 3. The summed E-state index contributed by atoms with van der Waals surface area (Å²) in [6.45, 7) is 1.18. The summed E-state index contributed by atoms with van der Waals surface area (Å²) in [6.07, 6.45) is 0.694. The fourth-order valence-corrected chi connectivity index (χ4v) is 5.37. The molecule has 0 aliphatic carbocycles. The third-order valence-corrected chi connectivity index (χ3v) is 7.20. The van der Waals surface area contributed by atoms with Crippen LogP contribution in [-0.4, -0.2) is 57.2 Å². The van der Waals surface area contributed by atoms with Gasteiger partial charge in [0.15, 0.2) is 0 Å². The van der Waals surface area contributed by atoms with Crippen molar-refractivity contribution in [2.75, 3.05) is 41.4 Å². The van der Waals surface area contributed by atoms with Gasteiger partial charge in [0.05, 0.1) is 26.5 Å². The number of methoxy groups -OCH3 is 2. The SMILES string of the molecule is COc1ccc(OC)c(-c2csc([N+](CCCN(C)C)(C(=O)c3ccccc3F)c3ccccc3)n2)c1. The van der Waals surface area contributed by atoms with Crippen LogP contribution in [-0.2, 0) is 0 Å². The summed E-state index contributed by atoms with van der Waals surface area (Å²) in [6, 6.07) is 21.1. The second-order valence-corrected chi connectivity index (χ2v) is 9.73. The maximum absolute atomic E-state index is 15.0. The minimum atomic E-state index is -0.551. The Kier molecular flexibility index (Phi) is 8.33. The van der Waals surface area contributed by atoms with Crippen LogP contribution in [0.1, 0.15) is 16.8 Å². The quantitative estimate of drug-likeness (QED) is 0.227. The lowest BCUT2D eigenvalue weighted by Gasteiger charge is -2.33. The summed E-state index contributed by atoms with van der Waals surface area (Å²) in [7, 11) is 7.19. The molecule has 0 N–H and O–H groups in total. The van der Waals surface area contributed by atoms with E-state index in [1.165, 1.54) is 17.4 Å². The molecular weight excluding hydrogens is 489 g/mol. The Morgan fingerprint density at radius 3 is 2.41 bits per heavy atom. The maximum Gasteiger partial charge on any atom is 0.360 e. The van der Waals surface area contributed by atoms with Crippen LogP contribution >= 0.6 is 11.3 Å². The fraction of sp³-hybridized carbons (Fsp3) is 0.241. The van der Waals surface area contributed by atoms with Gasteiger partial charge in [-0.3, -0.25) is 0 Å². The lowest BCUT2D eigenvalue weighted by atomic mass is 10.1. The van der Waals surface area contributed by atoms with Crippen molar-refractivity contribution in [3.8, 4) is 22.8 Å². The molecule has 4 aromatic rings. The molecule has 1 unspecified atom stereocenters. The van der Waals surface area contributed by atoms with Gasteiger partial charge in [0.25, 0.3) is 5.13 Å². The summed E-state index contributed by atoms with van der Waals surface area (Å²) in [4.78, 5) is 21.4. The molecule has 0 spiro atoms. The number of carbonyl (C=O) groups is 1. The van der Waals surface area contributed by atoms with E-state index < -0.39 is 5.82 Å². The van der Waals surface area contributed by atoms with Crippen molar-refractivity contribution in [3.05, 3.63) is 89.6 Å². The van der Waals surface area contributed by atoms with Gasteiger partial charge in [0.2, 0.25) is 0 Å². The minimum Gasteiger partial charge on any atom is -0.497 e. The van der Waals surface area contributed by atoms with Crippen LogP contribution in [0.5, 0.6) is 11.5 Å². The predicted octanol–water partition coefficient (Wildman–Crippen LogP) is 6.40. The first kappa shape index (κ1) is 26.5. The Morgan fingerprint density at radius 2 is 1.73 bits per heavy atom. The molecule has 0 fully saturated rings. The highest BCUT2D eigenvalue weighted by molar-refractivity contribution is 7.14. The molecule has 1 atom stereocenters. The van der Waals surface area contributed by atoms with E-state index in [1.807, 2.05) is 68.0 Å². The topological polar surface area (TPSA) is 51.7 Å². The maximum atomic E-state index is 15.0. The Labute approximate surface area is 221 Å².